The van der Waals surface area contributed by atoms with Crippen molar-refractivity contribution in [2.24, 2.45) is 7.05 Å². The van der Waals surface area contributed by atoms with Crippen molar-refractivity contribution in [3.05, 3.63) is 65.7 Å². The van der Waals surface area contributed by atoms with Gasteiger partial charge in [0.15, 0.2) is 0 Å². The van der Waals surface area contributed by atoms with E-state index in [0.29, 0.717) is 18.8 Å². The molecule has 1 unspecified atom stereocenters. The van der Waals surface area contributed by atoms with Crippen molar-refractivity contribution in [1.82, 2.24) is 19.7 Å². The van der Waals surface area contributed by atoms with Crippen molar-refractivity contribution in [3.8, 4) is 11.1 Å². The third-order valence-electron chi connectivity index (χ3n) is 5.52. The number of carbonyl (C=O) groups excluding carboxylic acids is 2. The molecule has 0 aliphatic carbocycles. The Labute approximate surface area is 164 Å². The number of aromatic amines is 1. The van der Waals surface area contributed by atoms with Crippen molar-refractivity contribution < 1.29 is 9.59 Å². The Bertz CT molecular complexity index is 1000. The van der Waals surface area contributed by atoms with Crippen LogP contribution in [0, 0.1) is 6.92 Å². The number of benzene rings is 1. The smallest absolute Gasteiger partial charge is 0.296 e. The fourth-order valence-electron chi connectivity index (χ4n) is 3.92. The van der Waals surface area contributed by atoms with Gasteiger partial charge in [-0.1, -0.05) is 29.8 Å². The number of likely N-dealkylation sites (tertiary alicyclic amines) is 1. The summed E-state index contributed by atoms with van der Waals surface area (Å²) in [7, 11) is 1.78. The van der Waals surface area contributed by atoms with Crippen LogP contribution in [0.1, 0.15) is 40.5 Å². The maximum Gasteiger partial charge on any atom is 0.296 e. The van der Waals surface area contributed by atoms with Crippen LogP contribution in [0.25, 0.3) is 11.1 Å². The molecule has 1 N–H and O–H groups in total. The maximum atomic E-state index is 12.8. The van der Waals surface area contributed by atoms with Gasteiger partial charge in [0.05, 0.1) is 11.9 Å². The third kappa shape index (κ3) is 3.38. The fourth-order valence-corrected chi connectivity index (χ4v) is 3.92. The first-order valence-electron chi connectivity index (χ1n) is 9.60. The molecule has 2 aromatic heterocycles. The second kappa shape index (κ2) is 7.46. The molecule has 1 aliphatic rings. The highest BCUT2D eigenvalue weighted by molar-refractivity contribution is 6.42. The molecule has 6 heteroatoms. The first kappa shape index (κ1) is 18.2. The predicted molar refractivity (Wildman–Crippen MR) is 107 cm³/mol. The van der Waals surface area contributed by atoms with Crippen LogP contribution in [-0.2, 0) is 11.8 Å². The Morgan fingerprint density at radius 2 is 1.96 bits per heavy atom. The summed E-state index contributed by atoms with van der Waals surface area (Å²) in [6.07, 6.45) is 5.44. The molecule has 3 heterocycles. The number of ketones is 1. The number of aromatic nitrogens is 3. The van der Waals surface area contributed by atoms with E-state index in [0.717, 1.165) is 29.7 Å². The number of nitrogens with one attached hydrogen (secondary N) is 1. The lowest BCUT2D eigenvalue weighted by Crippen LogP contribution is -2.43. The molecule has 1 fully saturated rings. The van der Waals surface area contributed by atoms with Crippen molar-refractivity contribution in [3.63, 3.8) is 0 Å². The molecule has 0 bridgehead atoms. The quantitative estimate of drug-likeness (QED) is 0.561. The van der Waals surface area contributed by atoms with Gasteiger partial charge in [0.2, 0.25) is 0 Å². The van der Waals surface area contributed by atoms with Gasteiger partial charge in [-0.3, -0.25) is 14.7 Å². The minimum absolute atomic E-state index is 0.137. The average molecular weight is 376 g/mol. The Morgan fingerprint density at radius 3 is 2.68 bits per heavy atom. The molecule has 0 saturated carbocycles. The monoisotopic (exact) mass is 376 g/mol. The number of aryl methyl sites for hydroxylation is 2. The summed E-state index contributed by atoms with van der Waals surface area (Å²) in [4.78, 5) is 27.1. The molecule has 0 spiro atoms. The number of rotatable bonds is 4. The Balaban J connectivity index is 1.54. The van der Waals surface area contributed by atoms with Crippen molar-refractivity contribution in [2.45, 2.75) is 25.7 Å². The highest BCUT2D eigenvalue weighted by Gasteiger charge is 2.31. The molecule has 3 aromatic rings. The van der Waals surface area contributed by atoms with E-state index in [-0.39, 0.29) is 5.92 Å². The molecule has 1 saturated heterocycles. The van der Waals surface area contributed by atoms with E-state index in [1.165, 1.54) is 5.56 Å². The summed E-state index contributed by atoms with van der Waals surface area (Å²) in [6, 6.07) is 11.8. The van der Waals surface area contributed by atoms with E-state index < -0.39 is 11.7 Å². The Kier molecular flexibility index (Phi) is 4.86. The molecule has 144 valence electrons. The first-order valence-corrected chi connectivity index (χ1v) is 9.60. The fraction of sp³-hybridized carbons (Fsp3) is 0.318. The summed E-state index contributed by atoms with van der Waals surface area (Å²) in [5.74, 6) is -0.739. The molecule has 1 aromatic carbocycles. The third-order valence-corrected chi connectivity index (χ3v) is 5.52. The van der Waals surface area contributed by atoms with Crippen LogP contribution in [0.3, 0.4) is 0 Å². The van der Waals surface area contributed by atoms with Gasteiger partial charge >= 0.3 is 0 Å². The second-order valence-electron chi connectivity index (χ2n) is 7.49. The van der Waals surface area contributed by atoms with E-state index in [2.05, 4.69) is 41.4 Å². The van der Waals surface area contributed by atoms with Gasteiger partial charge in [0, 0.05) is 43.5 Å². The van der Waals surface area contributed by atoms with Gasteiger partial charge in [0.1, 0.15) is 0 Å². The summed E-state index contributed by atoms with van der Waals surface area (Å²) in [6.45, 7) is 3.20. The van der Waals surface area contributed by atoms with Crippen molar-refractivity contribution in [1.29, 1.82) is 0 Å². The minimum Gasteiger partial charge on any atom is -0.348 e. The summed E-state index contributed by atoms with van der Waals surface area (Å²) in [5.41, 5.74) is 4.84. The van der Waals surface area contributed by atoms with Gasteiger partial charge < -0.3 is 9.47 Å². The lowest BCUT2D eigenvalue weighted by atomic mass is 9.90. The largest absolute Gasteiger partial charge is 0.348 e. The van der Waals surface area contributed by atoms with E-state index >= 15 is 0 Å². The van der Waals surface area contributed by atoms with Gasteiger partial charge in [0.25, 0.3) is 11.7 Å². The van der Waals surface area contributed by atoms with Crippen LogP contribution in [0.2, 0.25) is 0 Å². The lowest BCUT2D eigenvalue weighted by Gasteiger charge is -2.32. The summed E-state index contributed by atoms with van der Waals surface area (Å²) in [5, 5.41) is 7.39. The molecule has 1 aliphatic heterocycles. The molecular weight excluding hydrogens is 352 g/mol. The number of hydrogen-bond acceptors (Lipinski definition) is 3. The predicted octanol–water partition coefficient (Wildman–Crippen LogP) is 3.31. The van der Waals surface area contributed by atoms with Crippen LogP contribution in [0.15, 0.2) is 48.8 Å². The van der Waals surface area contributed by atoms with Crippen LogP contribution in [-0.4, -0.2) is 44.4 Å². The first-order chi connectivity index (χ1) is 13.5. The van der Waals surface area contributed by atoms with E-state index in [9.17, 15) is 9.59 Å². The molecular formula is C22H24N4O2. The zero-order valence-corrected chi connectivity index (χ0v) is 16.2. The molecule has 1 atom stereocenters. The number of carbonyl (C=O) groups is 2. The van der Waals surface area contributed by atoms with Crippen LogP contribution in [0.5, 0.6) is 0 Å². The van der Waals surface area contributed by atoms with Gasteiger partial charge in [-0.05, 0) is 37.5 Å². The lowest BCUT2D eigenvalue weighted by molar-refractivity contribution is -0.127. The second-order valence-corrected chi connectivity index (χ2v) is 7.49. The Morgan fingerprint density at radius 1 is 1.18 bits per heavy atom. The topological polar surface area (TPSA) is 71.0 Å². The van der Waals surface area contributed by atoms with Gasteiger partial charge in [-0.15, -0.1) is 0 Å². The maximum absolute atomic E-state index is 12.8. The van der Waals surface area contributed by atoms with E-state index in [1.54, 1.807) is 34.8 Å². The normalized spacial score (nSPS) is 16.9. The number of nitrogens with zero attached hydrogens (tertiary/aromatic N) is 3. The number of piperidine rings is 1. The van der Waals surface area contributed by atoms with Crippen molar-refractivity contribution in [2.75, 3.05) is 13.1 Å². The number of hydrogen-bond donors (Lipinski definition) is 1. The van der Waals surface area contributed by atoms with Crippen molar-refractivity contribution >= 4 is 11.7 Å². The van der Waals surface area contributed by atoms with Crippen LogP contribution >= 0.6 is 0 Å². The SMILES string of the molecule is Cc1ccc(-c2cn[nH]c2C2CCCN(C(=O)C(=O)c3cccn3C)C2)cc1. The molecule has 4 rings (SSSR count). The minimum atomic E-state index is -0.448. The number of amides is 1. The molecule has 6 nitrogen and oxygen atoms in total. The van der Waals surface area contributed by atoms with Crippen LogP contribution < -0.4 is 0 Å². The summed E-state index contributed by atoms with van der Waals surface area (Å²) >= 11 is 0. The van der Waals surface area contributed by atoms with Gasteiger partial charge in [-0.25, -0.2) is 0 Å². The van der Waals surface area contributed by atoms with E-state index in [4.69, 9.17) is 0 Å². The molecule has 1 amide bonds. The zero-order valence-electron chi connectivity index (χ0n) is 16.2. The number of H-pyrrole nitrogens is 1. The molecule has 0 radical (unpaired) electrons. The standard InChI is InChI=1S/C22H24N4O2/c1-15-7-9-16(10-8-15)18-13-23-24-20(18)17-5-3-12-26(14-17)22(28)21(27)19-6-4-11-25(19)2/h4,6-11,13,17H,3,5,12,14H2,1-2H3,(H,23,24). The number of Topliss-reactive ketones (excluding diaryl/α,β-unsaturated/α-hetero) is 1. The van der Waals surface area contributed by atoms with Crippen LogP contribution in [0.4, 0.5) is 0 Å². The molecule has 28 heavy (non-hydrogen) atoms. The Hall–Kier alpha value is -3.15. The van der Waals surface area contributed by atoms with Gasteiger partial charge in [-0.2, -0.15) is 5.10 Å². The zero-order chi connectivity index (χ0) is 19.7. The van der Waals surface area contributed by atoms with E-state index in [1.807, 2.05) is 6.20 Å². The highest BCUT2D eigenvalue weighted by atomic mass is 16.2. The average Bonchev–Trinajstić information content (AvgIpc) is 3.37. The highest BCUT2D eigenvalue weighted by Crippen LogP contribution is 2.33. The summed E-state index contributed by atoms with van der Waals surface area (Å²) < 4.78 is 1.69.